The van der Waals surface area contributed by atoms with Crippen LogP contribution in [-0.4, -0.2) is 38.2 Å². The van der Waals surface area contributed by atoms with Gasteiger partial charge in [-0.3, -0.25) is 4.79 Å². The van der Waals surface area contributed by atoms with E-state index in [0.29, 0.717) is 25.9 Å². The Hall–Kier alpha value is -1.46. The maximum absolute atomic E-state index is 13.1. The van der Waals surface area contributed by atoms with Gasteiger partial charge in [0, 0.05) is 26.6 Å². The molecule has 1 amide bonds. The van der Waals surface area contributed by atoms with Crippen molar-refractivity contribution in [3.63, 3.8) is 0 Å². The molecule has 1 unspecified atom stereocenters. The minimum atomic E-state index is -0.234. The largest absolute Gasteiger partial charge is 0.355 e. The summed E-state index contributed by atoms with van der Waals surface area (Å²) in [4.78, 5) is 16.7. The number of nitrogens with one attached hydrogen (secondary N) is 1. The van der Waals surface area contributed by atoms with Crippen molar-refractivity contribution in [1.82, 2.24) is 10.4 Å². The highest BCUT2D eigenvalue weighted by atomic mass is 19.1. The van der Waals surface area contributed by atoms with E-state index in [1.54, 1.807) is 25.3 Å². The lowest BCUT2D eigenvalue weighted by Gasteiger charge is -2.15. The van der Waals surface area contributed by atoms with Crippen LogP contribution in [0, 0.1) is 11.7 Å². The van der Waals surface area contributed by atoms with Crippen molar-refractivity contribution < 1.29 is 14.0 Å². The van der Waals surface area contributed by atoms with Crippen molar-refractivity contribution in [2.45, 2.75) is 19.8 Å². The van der Waals surface area contributed by atoms with Crippen LogP contribution in [0.1, 0.15) is 18.9 Å². The summed E-state index contributed by atoms with van der Waals surface area (Å²) in [5.74, 6) is -0.0443. The molecule has 20 heavy (non-hydrogen) atoms. The van der Waals surface area contributed by atoms with E-state index in [4.69, 9.17) is 4.84 Å². The van der Waals surface area contributed by atoms with Crippen LogP contribution in [0.15, 0.2) is 24.3 Å². The van der Waals surface area contributed by atoms with Crippen LogP contribution in [0.25, 0.3) is 0 Å². The molecule has 0 aliphatic rings. The number of carbonyl (C=O) groups is 1. The van der Waals surface area contributed by atoms with Gasteiger partial charge < -0.3 is 10.2 Å². The number of hydrogen-bond donors (Lipinski definition) is 1. The number of hydroxylamine groups is 2. The molecule has 0 aromatic heterocycles. The Bertz CT molecular complexity index is 426. The SMILES string of the molecule is CON(C)CCNC(=O)CC(C)Cc1cccc(F)c1. The second kappa shape index (κ2) is 8.66. The number of amides is 1. The highest BCUT2D eigenvalue weighted by Crippen LogP contribution is 2.12. The average molecular weight is 282 g/mol. The molecule has 0 heterocycles. The molecular formula is C15H23FN2O2. The lowest BCUT2D eigenvalue weighted by atomic mass is 9.98. The summed E-state index contributed by atoms with van der Waals surface area (Å²) in [5.41, 5.74) is 0.921. The first-order chi connectivity index (χ1) is 9.51. The molecule has 5 heteroatoms. The number of likely N-dealkylation sites (N-methyl/N-ethyl adjacent to an activating group) is 1. The predicted molar refractivity (Wildman–Crippen MR) is 76.5 cm³/mol. The van der Waals surface area contributed by atoms with Gasteiger partial charge >= 0.3 is 0 Å². The van der Waals surface area contributed by atoms with Crippen LogP contribution in [-0.2, 0) is 16.1 Å². The number of benzene rings is 1. The van der Waals surface area contributed by atoms with Crippen LogP contribution in [0.4, 0.5) is 4.39 Å². The van der Waals surface area contributed by atoms with Gasteiger partial charge in [-0.2, -0.15) is 5.06 Å². The fourth-order valence-corrected chi connectivity index (χ4v) is 1.97. The van der Waals surface area contributed by atoms with Crippen molar-refractivity contribution in [1.29, 1.82) is 0 Å². The molecule has 0 spiro atoms. The van der Waals surface area contributed by atoms with E-state index < -0.39 is 0 Å². The van der Waals surface area contributed by atoms with Crippen molar-refractivity contribution in [2.24, 2.45) is 5.92 Å². The summed E-state index contributed by atoms with van der Waals surface area (Å²) in [6, 6.07) is 6.51. The number of halogens is 1. The molecule has 0 bridgehead atoms. The Morgan fingerprint density at radius 2 is 2.25 bits per heavy atom. The van der Waals surface area contributed by atoms with Gasteiger partial charge in [-0.15, -0.1) is 0 Å². The quantitative estimate of drug-likeness (QED) is 0.742. The Morgan fingerprint density at radius 3 is 2.90 bits per heavy atom. The third kappa shape index (κ3) is 6.63. The van der Waals surface area contributed by atoms with Gasteiger partial charge in [0.15, 0.2) is 0 Å². The topological polar surface area (TPSA) is 41.6 Å². The van der Waals surface area contributed by atoms with E-state index >= 15 is 0 Å². The van der Waals surface area contributed by atoms with E-state index in [1.165, 1.54) is 12.1 Å². The summed E-state index contributed by atoms with van der Waals surface area (Å²) in [5, 5.41) is 4.49. The highest BCUT2D eigenvalue weighted by Gasteiger charge is 2.10. The zero-order valence-corrected chi connectivity index (χ0v) is 12.4. The smallest absolute Gasteiger partial charge is 0.220 e. The predicted octanol–water partition coefficient (Wildman–Crippen LogP) is 2.00. The number of carbonyl (C=O) groups excluding carboxylic acids is 1. The maximum Gasteiger partial charge on any atom is 0.220 e. The van der Waals surface area contributed by atoms with Crippen molar-refractivity contribution in [3.05, 3.63) is 35.6 Å². The Morgan fingerprint density at radius 1 is 1.50 bits per heavy atom. The third-order valence-corrected chi connectivity index (χ3v) is 3.07. The van der Waals surface area contributed by atoms with Crippen LogP contribution in [0.2, 0.25) is 0 Å². The van der Waals surface area contributed by atoms with Crippen LogP contribution in [0.5, 0.6) is 0 Å². The number of rotatable bonds is 8. The molecule has 0 saturated heterocycles. The van der Waals surface area contributed by atoms with Gasteiger partial charge in [-0.1, -0.05) is 19.1 Å². The maximum atomic E-state index is 13.1. The van der Waals surface area contributed by atoms with Gasteiger partial charge in [0.05, 0.1) is 7.11 Å². The molecule has 0 aliphatic heterocycles. The fraction of sp³-hybridized carbons (Fsp3) is 0.533. The van der Waals surface area contributed by atoms with E-state index in [-0.39, 0.29) is 17.6 Å². The number of hydrogen-bond acceptors (Lipinski definition) is 3. The lowest BCUT2D eigenvalue weighted by Crippen LogP contribution is -2.33. The zero-order valence-electron chi connectivity index (χ0n) is 12.4. The van der Waals surface area contributed by atoms with Crippen molar-refractivity contribution >= 4 is 5.91 Å². The van der Waals surface area contributed by atoms with Crippen molar-refractivity contribution in [3.8, 4) is 0 Å². The Labute approximate surface area is 119 Å². The first kappa shape index (κ1) is 16.6. The van der Waals surface area contributed by atoms with E-state index in [1.807, 2.05) is 13.0 Å². The highest BCUT2D eigenvalue weighted by molar-refractivity contribution is 5.76. The minimum Gasteiger partial charge on any atom is -0.355 e. The van der Waals surface area contributed by atoms with Crippen LogP contribution in [0.3, 0.4) is 0 Å². The molecule has 0 aliphatic carbocycles. The molecule has 0 fully saturated rings. The monoisotopic (exact) mass is 282 g/mol. The zero-order chi connectivity index (χ0) is 15.0. The van der Waals surface area contributed by atoms with Crippen LogP contribution < -0.4 is 5.32 Å². The normalized spacial score (nSPS) is 12.4. The average Bonchev–Trinajstić information content (AvgIpc) is 2.38. The van der Waals surface area contributed by atoms with E-state index in [0.717, 1.165) is 5.56 Å². The van der Waals surface area contributed by atoms with E-state index in [2.05, 4.69) is 5.32 Å². The molecule has 0 saturated carbocycles. The van der Waals surface area contributed by atoms with Gasteiger partial charge in [-0.05, 0) is 30.0 Å². The summed E-state index contributed by atoms with van der Waals surface area (Å²) < 4.78 is 13.1. The van der Waals surface area contributed by atoms with Gasteiger partial charge in [-0.25, -0.2) is 4.39 Å². The van der Waals surface area contributed by atoms with Crippen LogP contribution >= 0.6 is 0 Å². The fourth-order valence-electron chi connectivity index (χ4n) is 1.97. The van der Waals surface area contributed by atoms with Gasteiger partial charge in [0.25, 0.3) is 0 Å². The molecule has 1 aromatic rings. The Kier molecular flexibility index (Phi) is 7.18. The summed E-state index contributed by atoms with van der Waals surface area (Å²) >= 11 is 0. The minimum absolute atomic E-state index is 0.0124. The van der Waals surface area contributed by atoms with Crippen molar-refractivity contribution in [2.75, 3.05) is 27.2 Å². The first-order valence-corrected chi connectivity index (χ1v) is 6.77. The second-order valence-corrected chi connectivity index (χ2v) is 5.03. The summed E-state index contributed by atoms with van der Waals surface area (Å²) in [7, 11) is 3.39. The molecule has 1 rings (SSSR count). The second-order valence-electron chi connectivity index (χ2n) is 5.03. The standard InChI is InChI=1S/C15H23FN2O2/c1-12(9-13-5-4-6-14(16)11-13)10-15(19)17-7-8-18(2)20-3/h4-6,11-12H,7-10H2,1-3H3,(H,17,19). The molecule has 1 aromatic carbocycles. The summed E-state index contributed by atoms with van der Waals surface area (Å²) in [6.07, 6.45) is 1.14. The van der Waals surface area contributed by atoms with Gasteiger partial charge in [0.1, 0.15) is 5.82 Å². The molecule has 1 N–H and O–H groups in total. The number of nitrogens with zero attached hydrogens (tertiary/aromatic N) is 1. The molecule has 112 valence electrons. The molecule has 4 nitrogen and oxygen atoms in total. The van der Waals surface area contributed by atoms with Gasteiger partial charge in [0.2, 0.25) is 5.91 Å². The third-order valence-electron chi connectivity index (χ3n) is 3.07. The molecule has 0 radical (unpaired) electrons. The lowest BCUT2D eigenvalue weighted by molar-refractivity contribution is -0.124. The molecule has 1 atom stereocenters. The first-order valence-electron chi connectivity index (χ1n) is 6.77. The summed E-state index contributed by atoms with van der Waals surface area (Å²) in [6.45, 7) is 3.18. The molecular weight excluding hydrogens is 259 g/mol. The van der Waals surface area contributed by atoms with E-state index in [9.17, 15) is 9.18 Å². The Balaban J connectivity index is 2.27.